The summed E-state index contributed by atoms with van der Waals surface area (Å²) in [5.41, 5.74) is 0.500. The molecule has 1 atom stereocenters. The van der Waals surface area contributed by atoms with Crippen molar-refractivity contribution in [1.82, 2.24) is 4.90 Å². The van der Waals surface area contributed by atoms with Crippen molar-refractivity contribution >= 4 is 81.5 Å². The zero-order valence-electron chi connectivity index (χ0n) is 10.5. The van der Waals surface area contributed by atoms with E-state index in [1.165, 1.54) is 23.7 Å². The largest absolute Gasteiger partial charge is 0.322 e. The zero-order valence-corrected chi connectivity index (χ0v) is 15.1. The molecule has 1 N–H and O–H groups in total. The Morgan fingerprint density at radius 1 is 1.30 bits per heavy atom. The fourth-order valence-electron chi connectivity index (χ4n) is 1.40. The Bertz CT molecular complexity index is 494. The van der Waals surface area contributed by atoms with Gasteiger partial charge in [0.1, 0.15) is 5.37 Å². The maximum atomic E-state index is 12.1. The fourth-order valence-corrected chi connectivity index (χ4v) is 3.62. The normalized spacial score (nSPS) is 12.9. The average Bonchev–Trinajstić information content (AvgIpc) is 2.32. The summed E-state index contributed by atoms with van der Waals surface area (Å²) in [6.45, 7) is 0. The van der Waals surface area contributed by atoms with Gasteiger partial charge in [0.15, 0.2) is 0 Å². The summed E-state index contributed by atoms with van der Waals surface area (Å²) < 4.78 is -1.59. The molecule has 0 heterocycles. The lowest BCUT2D eigenvalue weighted by Gasteiger charge is -2.31. The van der Waals surface area contributed by atoms with E-state index in [2.05, 4.69) is 5.32 Å². The molecule has 9 heteroatoms. The highest BCUT2D eigenvalue weighted by Gasteiger charge is 2.37. The van der Waals surface area contributed by atoms with E-state index in [-0.39, 0.29) is 0 Å². The van der Waals surface area contributed by atoms with Gasteiger partial charge in [-0.15, -0.1) is 11.8 Å². The second-order valence-corrected chi connectivity index (χ2v) is 7.90. The Balaban J connectivity index is 2.82. The molecule has 0 aliphatic heterocycles. The van der Waals surface area contributed by atoms with Gasteiger partial charge in [-0.05, 0) is 24.5 Å². The number of carbonyl (C=O) groups excluding carboxylic acids is 1. The van der Waals surface area contributed by atoms with Crippen molar-refractivity contribution in [2.75, 3.05) is 18.6 Å². The van der Waals surface area contributed by atoms with Gasteiger partial charge < -0.3 is 10.2 Å². The Kier molecular flexibility index (Phi) is 6.90. The Labute approximate surface area is 146 Å². The molecular formula is C11H11Cl5N2OS. The van der Waals surface area contributed by atoms with Gasteiger partial charge in [-0.1, -0.05) is 58.0 Å². The molecule has 0 fully saturated rings. The SMILES string of the molecule is CSC(N(C)C(=O)Nc1ccc(Cl)c(Cl)c1)C(Cl)(Cl)Cl. The van der Waals surface area contributed by atoms with Crippen LogP contribution >= 0.6 is 69.8 Å². The van der Waals surface area contributed by atoms with Gasteiger partial charge in [-0.3, -0.25) is 0 Å². The molecule has 3 nitrogen and oxygen atoms in total. The molecule has 1 aromatic rings. The number of amides is 2. The van der Waals surface area contributed by atoms with E-state index in [0.717, 1.165) is 0 Å². The minimum absolute atomic E-state index is 0.343. The Morgan fingerprint density at radius 2 is 1.90 bits per heavy atom. The number of urea groups is 1. The summed E-state index contributed by atoms with van der Waals surface area (Å²) in [6.07, 6.45) is 1.75. The molecule has 0 radical (unpaired) electrons. The number of carbonyl (C=O) groups is 1. The molecule has 2 amide bonds. The number of alkyl halides is 3. The number of hydrogen-bond donors (Lipinski definition) is 1. The van der Waals surface area contributed by atoms with E-state index in [1.807, 2.05) is 0 Å². The van der Waals surface area contributed by atoms with Crippen LogP contribution in [0, 0.1) is 0 Å². The van der Waals surface area contributed by atoms with E-state index in [1.54, 1.807) is 24.5 Å². The molecule has 0 spiro atoms. The number of anilines is 1. The molecule has 0 aliphatic rings. The lowest BCUT2D eigenvalue weighted by atomic mass is 10.3. The number of halogens is 5. The van der Waals surface area contributed by atoms with E-state index in [4.69, 9.17) is 58.0 Å². The molecule has 0 saturated heterocycles. The van der Waals surface area contributed by atoms with Crippen molar-refractivity contribution in [2.24, 2.45) is 0 Å². The molecule has 0 aliphatic carbocycles. The molecule has 20 heavy (non-hydrogen) atoms. The number of hydrogen-bond acceptors (Lipinski definition) is 2. The Morgan fingerprint density at radius 3 is 2.35 bits per heavy atom. The number of rotatable bonds is 3. The van der Waals surface area contributed by atoms with Crippen molar-refractivity contribution in [3.8, 4) is 0 Å². The third kappa shape index (κ3) is 4.93. The first kappa shape index (κ1) is 18.3. The lowest BCUT2D eigenvalue weighted by Crippen LogP contribution is -2.44. The molecule has 0 saturated carbocycles. The zero-order chi connectivity index (χ0) is 15.5. The third-order valence-electron chi connectivity index (χ3n) is 2.35. The summed E-state index contributed by atoms with van der Waals surface area (Å²) in [5, 5.41) is 2.77. The minimum atomic E-state index is -1.59. The number of benzene rings is 1. The maximum Gasteiger partial charge on any atom is 0.322 e. The van der Waals surface area contributed by atoms with Crippen molar-refractivity contribution < 1.29 is 4.79 Å². The van der Waals surface area contributed by atoms with Gasteiger partial charge in [0.25, 0.3) is 0 Å². The van der Waals surface area contributed by atoms with Gasteiger partial charge in [0, 0.05) is 12.7 Å². The number of thioether (sulfide) groups is 1. The quantitative estimate of drug-likeness (QED) is 0.539. The van der Waals surface area contributed by atoms with Gasteiger partial charge in [0.05, 0.1) is 10.0 Å². The van der Waals surface area contributed by atoms with Crippen LogP contribution < -0.4 is 5.32 Å². The van der Waals surface area contributed by atoms with Crippen LogP contribution in [-0.4, -0.2) is 33.4 Å². The first-order chi connectivity index (χ1) is 9.16. The smallest absolute Gasteiger partial charge is 0.311 e. The van der Waals surface area contributed by atoms with Crippen LogP contribution in [0.5, 0.6) is 0 Å². The van der Waals surface area contributed by atoms with Crippen molar-refractivity contribution in [1.29, 1.82) is 0 Å². The third-order valence-corrected chi connectivity index (χ3v) is 5.21. The highest BCUT2D eigenvalue weighted by atomic mass is 35.6. The van der Waals surface area contributed by atoms with Gasteiger partial charge in [-0.25, -0.2) is 4.79 Å². The Hall–Kier alpha value is 0.290. The highest BCUT2D eigenvalue weighted by molar-refractivity contribution is 7.99. The van der Waals surface area contributed by atoms with Crippen LogP contribution in [0.1, 0.15) is 0 Å². The van der Waals surface area contributed by atoms with Gasteiger partial charge in [0.2, 0.25) is 3.79 Å². The maximum absolute atomic E-state index is 12.1. The topological polar surface area (TPSA) is 32.3 Å². The summed E-state index contributed by atoms with van der Waals surface area (Å²) >= 11 is 30.4. The molecule has 0 bridgehead atoms. The van der Waals surface area contributed by atoms with E-state index in [0.29, 0.717) is 15.7 Å². The summed E-state index contributed by atoms with van der Waals surface area (Å²) in [5.74, 6) is 0. The van der Waals surface area contributed by atoms with Crippen LogP contribution in [-0.2, 0) is 0 Å². The average molecular weight is 397 g/mol. The van der Waals surface area contributed by atoms with Crippen molar-refractivity contribution in [3.63, 3.8) is 0 Å². The predicted molar refractivity (Wildman–Crippen MR) is 90.8 cm³/mol. The highest BCUT2D eigenvalue weighted by Crippen LogP contribution is 2.38. The molecule has 0 aromatic heterocycles. The summed E-state index contributed by atoms with van der Waals surface area (Å²) in [7, 11) is 1.54. The molecule has 1 rings (SSSR count). The molecule has 1 unspecified atom stereocenters. The van der Waals surface area contributed by atoms with E-state index < -0.39 is 15.2 Å². The van der Waals surface area contributed by atoms with E-state index >= 15 is 0 Å². The predicted octanol–water partition coefficient (Wildman–Crippen LogP) is 5.52. The standard InChI is InChI=1S/C11H11Cl5N2OS/c1-18(9(20-2)11(14,15)16)10(19)17-6-3-4-7(12)8(13)5-6/h3-5,9H,1-2H3,(H,17,19). The monoisotopic (exact) mass is 394 g/mol. The van der Waals surface area contributed by atoms with Crippen molar-refractivity contribution in [2.45, 2.75) is 9.17 Å². The number of nitrogens with zero attached hydrogens (tertiary/aromatic N) is 1. The number of nitrogens with one attached hydrogen (secondary N) is 1. The molecule has 112 valence electrons. The van der Waals surface area contributed by atoms with Gasteiger partial charge in [-0.2, -0.15) is 0 Å². The fraction of sp³-hybridized carbons (Fsp3) is 0.364. The first-order valence-electron chi connectivity index (χ1n) is 5.25. The van der Waals surface area contributed by atoms with E-state index in [9.17, 15) is 4.79 Å². The van der Waals surface area contributed by atoms with Crippen LogP contribution in [0.4, 0.5) is 10.5 Å². The van der Waals surface area contributed by atoms with Gasteiger partial charge >= 0.3 is 6.03 Å². The van der Waals surface area contributed by atoms with Crippen molar-refractivity contribution in [3.05, 3.63) is 28.2 Å². The molecular weight excluding hydrogens is 385 g/mol. The second kappa shape index (κ2) is 7.52. The minimum Gasteiger partial charge on any atom is -0.311 e. The van der Waals surface area contributed by atoms with Crippen LogP contribution in [0.3, 0.4) is 0 Å². The molecule has 1 aromatic carbocycles. The summed E-state index contributed by atoms with van der Waals surface area (Å²) in [6, 6.07) is 4.33. The van der Waals surface area contributed by atoms with Crippen LogP contribution in [0.25, 0.3) is 0 Å². The van der Waals surface area contributed by atoms with Crippen LogP contribution in [0.2, 0.25) is 10.0 Å². The summed E-state index contributed by atoms with van der Waals surface area (Å²) in [4.78, 5) is 13.4. The first-order valence-corrected chi connectivity index (χ1v) is 8.43. The van der Waals surface area contributed by atoms with Crippen LogP contribution in [0.15, 0.2) is 18.2 Å². The lowest BCUT2D eigenvalue weighted by molar-refractivity contribution is 0.219. The second-order valence-electron chi connectivity index (χ2n) is 3.80.